The lowest BCUT2D eigenvalue weighted by Crippen LogP contribution is -2.47. The van der Waals surface area contributed by atoms with Crippen LogP contribution in [0.4, 0.5) is 5.69 Å². The van der Waals surface area contributed by atoms with Gasteiger partial charge >= 0.3 is 0 Å². The number of carbonyl (C=O) groups excluding carboxylic acids is 1. The quantitative estimate of drug-likeness (QED) is 0.637. The van der Waals surface area contributed by atoms with E-state index in [0.717, 1.165) is 38.8 Å². The van der Waals surface area contributed by atoms with Gasteiger partial charge in [0.25, 0.3) is 11.6 Å². The van der Waals surface area contributed by atoms with Crippen LogP contribution >= 0.6 is 24.0 Å². The predicted octanol–water partition coefficient (Wildman–Crippen LogP) is 3.28. The first-order valence-electron chi connectivity index (χ1n) is 7.95. The zero-order valence-electron chi connectivity index (χ0n) is 13.3. The van der Waals surface area contributed by atoms with Crippen molar-refractivity contribution in [3.05, 3.63) is 38.9 Å². The normalized spacial score (nSPS) is 19.6. The Hall–Kier alpha value is -1.37. The standard InChI is InChI=1S/C16H20ClN3O3.ClH/c17-12-1-2-13(14(11-12)20(22)23)15(21)19-9-5-16(6-10-19)3-7-18-8-4-16;/h1-2,11,18H,3-10H2;1H. The summed E-state index contributed by atoms with van der Waals surface area (Å²) in [5.41, 5.74) is 0.249. The number of halogens is 2. The van der Waals surface area contributed by atoms with Gasteiger partial charge in [-0.1, -0.05) is 11.6 Å². The molecule has 1 aromatic carbocycles. The molecule has 132 valence electrons. The molecule has 8 heteroatoms. The second-order valence-electron chi connectivity index (χ2n) is 6.46. The average Bonchev–Trinajstić information content (AvgIpc) is 2.55. The number of amides is 1. The number of piperidine rings is 2. The van der Waals surface area contributed by atoms with Crippen LogP contribution in [0.5, 0.6) is 0 Å². The van der Waals surface area contributed by atoms with E-state index in [1.807, 2.05) is 0 Å². The molecular formula is C16H21Cl2N3O3. The van der Waals surface area contributed by atoms with E-state index >= 15 is 0 Å². The third-order valence-corrected chi connectivity index (χ3v) is 5.40. The SMILES string of the molecule is Cl.O=C(c1ccc(Cl)cc1[N+](=O)[O-])N1CCC2(CCNCC2)CC1. The van der Waals surface area contributed by atoms with E-state index in [9.17, 15) is 14.9 Å². The van der Waals surface area contributed by atoms with Gasteiger partial charge in [-0.2, -0.15) is 0 Å². The lowest BCUT2D eigenvalue weighted by Gasteiger charge is -2.44. The molecule has 1 spiro atoms. The monoisotopic (exact) mass is 373 g/mol. The molecule has 2 aliphatic heterocycles. The molecule has 0 bridgehead atoms. The number of likely N-dealkylation sites (tertiary alicyclic amines) is 1. The van der Waals surface area contributed by atoms with E-state index < -0.39 is 4.92 Å². The zero-order chi connectivity index (χ0) is 16.4. The van der Waals surface area contributed by atoms with Gasteiger partial charge in [0, 0.05) is 24.2 Å². The second kappa shape index (κ2) is 7.68. The number of rotatable bonds is 2. The van der Waals surface area contributed by atoms with Crippen molar-refractivity contribution in [2.75, 3.05) is 26.2 Å². The topological polar surface area (TPSA) is 75.5 Å². The van der Waals surface area contributed by atoms with Crippen LogP contribution in [0.2, 0.25) is 5.02 Å². The van der Waals surface area contributed by atoms with Gasteiger partial charge in [0.15, 0.2) is 0 Å². The molecule has 0 atom stereocenters. The number of nitro benzene ring substituents is 1. The first kappa shape index (κ1) is 19.0. The van der Waals surface area contributed by atoms with Gasteiger partial charge in [0.1, 0.15) is 5.56 Å². The Morgan fingerprint density at radius 3 is 2.42 bits per heavy atom. The van der Waals surface area contributed by atoms with Crippen LogP contribution in [0.25, 0.3) is 0 Å². The number of hydrogen-bond acceptors (Lipinski definition) is 4. The van der Waals surface area contributed by atoms with Gasteiger partial charge in [-0.15, -0.1) is 12.4 Å². The second-order valence-corrected chi connectivity index (χ2v) is 6.90. The van der Waals surface area contributed by atoms with Crippen molar-refractivity contribution >= 4 is 35.6 Å². The van der Waals surface area contributed by atoms with Crippen LogP contribution in [0.1, 0.15) is 36.0 Å². The fourth-order valence-electron chi connectivity index (χ4n) is 3.65. The molecule has 0 saturated carbocycles. The summed E-state index contributed by atoms with van der Waals surface area (Å²) in [5.74, 6) is -0.267. The van der Waals surface area contributed by atoms with Crippen LogP contribution in [0, 0.1) is 15.5 Å². The maximum Gasteiger partial charge on any atom is 0.283 e. The van der Waals surface area contributed by atoms with Crippen LogP contribution in [-0.4, -0.2) is 41.9 Å². The Morgan fingerprint density at radius 1 is 1.21 bits per heavy atom. The molecule has 2 aliphatic rings. The van der Waals surface area contributed by atoms with E-state index in [-0.39, 0.29) is 34.6 Å². The summed E-state index contributed by atoms with van der Waals surface area (Å²) >= 11 is 5.81. The van der Waals surface area contributed by atoms with Crippen molar-refractivity contribution in [2.24, 2.45) is 5.41 Å². The summed E-state index contributed by atoms with van der Waals surface area (Å²) in [4.78, 5) is 25.0. The molecule has 6 nitrogen and oxygen atoms in total. The smallest absolute Gasteiger partial charge is 0.283 e. The van der Waals surface area contributed by atoms with Crippen LogP contribution in [0.15, 0.2) is 18.2 Å². The molecule has 0 aromatic heterocycles. The van der Waals surface area contributed by atoms with E-state index in [1.54, 1.807) is 4.90 Å². The molecule has 0 radical (unpaired) electrons. The summed E-state index contributed by atoms with van der Waals surface area (Å²) in [6.07, 6.45) is 4.25. The molecule has 24 heavy (non-hydrogen) atoms. The van der Waals surface area contributed by atoms with Crippen molar-refractivity contribution < 1.29 is 9.72 Å². The highest BCUT2D eigenvalue weighted by atomic mass is 35.5. The van der Waals surface area contributed by atoms with E-state index in [0.29, 0.717) is 18.5 Å². The van der Waals surface area contributed by atoms with Crippen molar-refractivity contribution in [2.45, 2.75) is 25.7 Å². The van der Waals surface area contributed by atoms with E-state index in [2.05, 4.69) is 5.32 Å². The van der Waals surface area contributed by atoms with Gasteiger partial charge in [-0.05, 0) is 56.3 Å². The average molecular weight is 374 g/mol. The zero-order valence-corrected chi connectivity index (χ0v) is 14.9. The van der Waals surface area contributed by atoms with Gasteiger partial charge in [-0.3, -0.25) is 14.9 Å². The van der Waals surface area contributed by atoms with Crippen molar-refractivity contribution in [1.29, 1.82) is 0 Å². The molecule has 1 N–H and O–H groups in total. The van der Waals surface area contributed by atoms with E-state index in [1.165, 1.54) is 18.2 Å². The molecule has 2 heterocycles. The highest BCUT2D eigenvalue weighted by molar-refractivity contribution is 6.31. The number of carbonyl (C=O) groups is 1. The van der Waals surface area contributed by atoms with Crippen molar-refractivity contribution in [3.8, 4) is 0 Å². The molecule has 1 amide bonds. The Labute approximate surface area is 152 Å². The molecule has 1 aromatic rings. The third-order valence-electron chi connectivity index (χ3n) is 5.16. The maximum absolute atomic E-state index is 12.7. The van der Waals surface area contributed by atoms with E-state index in [4.69, 9.17) is 11.6 Å². The van der Waals surface area contributed by atoms with Crippen molar-refractivity contribution in [3.63, 3.8) is 0 Å². The first-order valence-corrected chi connectivity index (χ1v) is 8.33. The Bertz CT molecular complexity index is 623. The number of nitrogens with zero attached hydrogens (tertiary/aromatic N) is 2. The summed E-state index contributed by atoms with van der Waals surface area (Å²) in [7, 11) is 0. The number of benzene rings is 1. The molecule has 0 aliphatic carbocycles. The van der Waals surface area contributed by atoms with Gasteiger partial charge in [0.05, 0.1) is 4.92 Å². The molecule has 0 unspecified atom stereocenters. The minimum atomic E-state index is -0.544. The minimum Gasteiger partial charge on any atom is -0.338 e. The summed E-state index contributed by atoms with van der Waals surface area (Å²) in [5, 5.41) is 14.8. The fraction of sp³-hybridized carbons (Fsp3) is 0.562. The molecule has 3 rings (SSSR count). The number of hydrogen-bond donors (Lipinski definition) is 1. The molecular weight excluding hydrogens is 353 g/mol. The van der Waals surface area contributed by atoms with Gasteiger partial charge in [-0.25, -0.2) is 0 Å². The summed E-state index contributed by atoms with van der Waals surface area (Å²) in [6, 6.07) is 4.23. The lowest BCUT2D eigenvalue weighted by molar-refractivity contribution is -0.385. The Kier molecular flexibility index (Phi) is 6.06. The van der Waals surface area contributed by atoms with Gasteiger partial charge in [0.2, 0.25) is 0 Å². The van der Waals surface area contributed by atoms with Crippen LogP contribution < -0.4 is 5.32 Å². The fourth-order valence-corrected chi connectivity index (χ4v) is 3.81. The largest absolute Gasteiger partial charge is 0.338 e. The van der Waals surface area contributed by atoms with Crippen LogP contribution in [0.3, 0.4) is 0 Å². The molecule has 2 fully saturated rings. The minimum absolute atomic E-state index is 0. The van der Waals surface area contributed by atoms with Crippen LogP contribution in [-0.2, 0) is 0 Å². The highest BCUT2D eigenvalue weighted by Gasteiger charge is 2.37. The highest BCUT2D eigenvalue weighted by Crippen LogP contribution is 2.40. The summed E-state index contributed by atoms with van der Waals surface area (Å²) in [6.45, 7) is 3.41. The first-order chi connectivity index (χ1) is 11.0. The summed E-state index contributed by atoms with van der Waals surface area (Å²) < 4.78 is 0. The Morgan fingerprint density at radius 2 is 1.83 bits per heavy atom. The number of nitro groups is 1. The maximum atomic E-state index is 12.7. The van der Waals surface area contributed by atoms with Gasteiger partial charge < -0.3 is 10.2 Å². The van der Waals surface area contributed by atoms with Crippen molar-refractivity contribution in [1.82, 2.24) is 10.2 Å². The molecule has 2 saturated heterocycles. The third kappa shape index (κ3) is 3.82. The lowest BCUT2D eigenvalue weighted by atomic mass is 9.71. The Balaban J connectivity index is 0.00000208. The predicted molar refractivity (Wildman–Crippen MR) is 95.0 cm³/mol. The number of nitrogens with one attached hydrogen (secondary N) is 1.